The lowest BCUT2D eigenvalue weighted by Gasteiger charge is -2.26. The first-order valence-corrected chi connectivity index (χ1v) is 10.7. The number of hydrogen-bond acceptors (Lipinski definition) is 5. The average molecular weight is 433 g/mol. The zero-order chi connectivity index (χ0) is 22.3. The van der Waals surface area contributed by atoms with Gasteiger partial charge in [0.2, 0.25) is 0 Å². The van der Waals surface area contributed by atoms with E-state index in [1.165, 1.54) is 0 Å². The van der Waals surface area contributed by atoms with Gasteiger partial charge in [0.05, 0.1) is 6.54 Å². The molecule has 0 radical (unpaired) electrons. The molecule has 0 saturated carbocycles. The highest BCUT2D eigenvalue weighted by Crippen LogP contribution is 2.31. The van der Waals surface area contributed by atoms with Crippen LogP contribution in [0.15, 0.2) is 72.8 Å². The summed E-state index contributed by atoms with van der Waals surface area (Å²) >= 11 is 0. The third-order valence-electron chi connectivity index (χ3n) is 5.11. The first-order chi connectivity index (χ1) is 15.6. The minimum absolute atomic E-state index is 0.0602. The van der Waals surface area contributed by atoms with E-state index >= 15 is 0 Å². The Bertz CT molecular complexity index is 1050. The number of benzene rings is 3. The maximum atomic E-state index is 12.4. The molecule has 3 aromatic carbocycles. The molecule has 1 aliphatic heterocycles. The minimum atomic E-state index is -0.233. The molecule has 0 aliphatic carbocycles. The Labute approximate surface area is 188 Å². The van der Waals surface area contributed by atoms with Gasteiger partial charge < -0.3 is 24.4 Å². The van der Waals surface area contributed by atoms with Gasteiger partial charge in [0.1, 0.15) is 18.5 Å². The molecular weight excluding hydrogens is 404 g/mol. The molecule has 1 aliphatic rings. The Balaban J connectivity index is 1.34. The molecule has 0 fully saturated rings. The van der Waals surface area contributed by atoms with E-state index in [9.17, 15) is 4.79 Å². The molecular formula is C26H28N2O4. The Morgan fingerprint density at radius 2 is 1.75 bits per heavy atom. The van der Waals surface area contributed by atoms with E-state index in [0.717, 1.165) is 22.4 Å². The van der Waals surface area contributed by atoms with E-state index in [4.69, 9.17) is 14.2 Å². The maximum absolute atomic E-state index is 12.4. The summed E-state index contributed by atoms with van der Waals surface area (Å²) in [6.07, 6.45) is -0.233. The van der Waals surface area contributed by atoms with Crippen molar-refractivity contribution in [2.45, 2.75) is 12.6 Å². The molecule has 6 heteroatoms. The standard InChI is InChI=1S/C26H28N2O4/c1-28(2)16-21-14-20(19-8-4-3-5-9-19)12-13-23(21)31-18-26(29)27-15-22-17-30-24-10-6-7-11-25(24)32-22/h3-14,22H,15-18H2,1-2H3,(H,27,29)/t22-/m0/s1. The summed E-state index contributed by atoms with van der Waals surface area (Å²) in [6.45, 7) is 1.40. The van der Waals surface area contributed by atoms with Gasteiger partial charge in [0.15, 0.2) is 18.1 Å². The maximum Gasteiger partial charge on any atom is 0.258 e. The summed E-state index contributed by atoms with van der Waals surface area (Å²) in [7, 11) is 4.02. The molecule has 0 spiro atoms. The number of amides is 1. The van der Waals surface area contributed by atoms with Crippen LogP contribution in [0.5, 0.6) is 17.2 Å². The lowest BCUT2D eigenvalue weighted by molar-refractivity contribution is -0.123. The first-order valence-electron chi connectivity index (χ1n) is 10.7. The van der Waals surface area contributed by atoms with Gasteiger partial charge >= 0.3 is 0 Å². The van der Waals surface area contributed by atoms with Crippen LogP contribution in [0.4, 0.5) is 0 Å². The molecule has 3 aromatic rings. The van der Waals surface area contributed by atoms with Crippen LogP contribution in [0.1, 0.15) is 5.56 Å². The van der Waals surface area contributed by atoms with Gasteiger partial charge in [-0.2, -0.15) is 0 Å². The Morgan fingerprint density at radius 3 is 2.53 bits per heavy atom. The molecule has 32 heavy (non-hydrogen) atoms. The number of carbonyl (C=O) groups excluding carboxylic acids is 1. The summed E-state index contributed by atoms with van der Waals surface area (Å²) in [5.41, 5.74) is 3.30. The van der Waals surface area contributed by atoms with Gasteiger partial charge in [0.25, 0.3) is 5.91 Å². The Hall–Kier alpha value is -3.51. The number of ether oxygens (including phenoxy) is 3. The lowest BCUT2D eigenvalue weighted by Crippen LogP contribution is -2.42. The van der Waals surface area contributed by atoms with Gasteiger partial charge in [-0.25, -0.2) is 0 Å². The first kappa shape index (κ1) is 21.7. The van der Waals surface area contributed by atoms with Crippen LogP contribution in [-0.4, -0.2) is 50.8 Å². The second kappa shape index (κ2) is 10.2. The van der Waals surface area contributed by atoms with Crippen molar-refractivity contribution in [3.8, 4) is 28.4 Å². The molecule has 1 atom stereocenters. The van der Waals surface area contributed by atoms with Gasteiger partial charge in [-0.1, -0.05) is 48.5 Å². The number of hydrogen-bond donors (Lipinski definition) is 1. The quantitative estimate of drug-likeness (QED) is 0.588. The second-order valence-corrected chi connectivity index (χ2v) is 8.02. The van der Waals surface area contributed by atoms with E-state index in [1.807, 2.05) is 68.7 Å². The topological polar surface area (TPSA) is 60.0 Å². The normalized spacial score (nSPS) is 14.8. The third-order valence-corrected chi connectivity index (χ3v) is 5.11. The zero-order valence-corrected chi connectivity index (χ0v) is 18.4. The van der Waals surface area contributed by atoms with Crippen LogP contribution in [0.2, 0.25) is 0 Å². The average Bonchev–Trinajstić information content (AvgIpc) is 2.82. The largest absolute Gasteiger partial charge is 0.486 e. The van der Waals surface area contributed by atoms with Crippen LogP contribution >= 0.6 is 0 Å². The molecule has 6 nitrogen and oxygen atoms in total. The molecule has 1 amide bonds. The van der Waals surface area contributed by atoms with Crippen LogP contribution < -0.4 is 19.5 Å². The van der Waals surface area contributed by atoms with Gasteiger partial charge in [-0.3, -0.25) is 4.79 Å². The number of rotatable bonds is 8. The summed E-state index contributed by atoms with van der Waals surface area (Å²) in [4.78, 5) is 14.5. The van der Waals surface area contributed by atoms with E-state index < -0.39 is 0 Å². The van der Waals surface area contributed by atoms with Crippen molar-refractivity contribution in [1.82, 2.24) is 10.2 Å². The molecule has 0 saturated heterocycles. The SMILES string of the molecule is CN(C)Cc1cc(-c2ccccc2)ccc1OCC(=O)NC[C@H]1COc2ccccc2O1. The van der Waals surface area contributed by atoms with Gasteiger partial charge in [-0.15, -0.1) is 0 Å². The molecule has 0 aromatic heterocycles. The predicted molar refractivity (Wildman–Crippen MR) is 124 cm³/mol. The van der Waals surface area contributed by atoms with Crippen molar-refractivity contribution in [3.63, 3.8) is 0 Å². The van der Waals surface area contributed by atoms with Crippen molar-refractivity contribution >= 4 is 5.91 Å². The molecule has 0 unspecified atom stereocenters. The van der Waals surface area contributed by atoms with Crippen molar-refractivity contribution in [3.05, 3.63) is 78.4 Å². The van der Waals surface area contributed by atoms with Crippen LogP contribution in [-0.2, 0) is 11.3 Å². The highest BCUT2D eigenvalue weighted by molar-refractivity contribution is 5.77. The summed E-state index contributed by atoms with van der Waals surface area (Å²) in [5.74, 6) is 1.93. The van der Waals surface area contributed by atoms with Crippen LogP contribution in [0, 0.1) is 0 Å². The van der Waals surface area contributed by atoms with Crippen molar-refractivity contribution in [1.29, 1.82) is 0 Å². The fourth-order valence-corrected chi connectivity index (χ4v) is 3.58. The summed E-state index contributed by atoms with van der Waals surface area (Å²) < 4.78 is 17.4. The number of carbonyl (C=O) groups is 1. The highest BCUT2D eigenvalue weighted by atomic mass is 16.6. The smallest absolute Gasteiger partial charge is 0.258 e. The van der Waals surface area contributed by atoms with Crippen LogP contribution in [0.3, 0.4) is 0 Å². The van der Waals surface area contributed by atoms with Gasteiger partial charge in [0, 0.05) is 12.1 Å². The molecule has 4 rings (SSSR count). The fraction of sp³-hybridized carbons (Fsp3) is 0.269. The summed E-state index contributed by atoms with van der Waals surface area (Å²) in [5, 5.41) is 2.87. The lowest BCUT2D eigenvalue weighted by atomic mass is 10.0. The Morgan fingerprint density at radius 1 is 1.00 bits per heavy atom. The third kappa shape index (κ3) is 5.59. The van der Waals surface area contributed by atoms with Crippen molar-refractivity contribution < 1.29 is 19.0 Å². The van der Waals surface area contributed by atoms with E-state index in [-0.39, 0.29) is 18.6 Å². The van der Waals surface area contributed by atoms with Gasteiger partial charge in [-0.05, 0) is 49.5 Å². The number of nitrogens with one attached hydrogen (secondary N) is 1. The van der Waals surface area contributed by atoms with Crippen molar-refractivity contribution in [2.75, 3.05) is 33.9 Å². The molecule has 0 bridgehead atoms. The minimum Gasteiger partial charge on any atom is -0.486 e. The second-order valence-electron chi connectivity index (χ2n) is 8.02. The number of para-hydroxylation sites is 2. The van der Waals surface area contributed by atoms with E-state index in [0.29, 0.717) is 31.2 Å². The van der Waals surface area contributed by atoms with Crippen molar-refractivity contribution in [2.24, 2.45) is 0 Å². The fourth-order valence-electron chi connectivity index (χ4n) is 3.58. The zero-order valence-electron chi connectivity index (χ0n) is 18.4. The van der Waals surface area contributed by atoms with E-state index in [1.54, 1.807) is 0 Å². The van der Waals surface area contributed by atoms with Crippen LogP contribution in [0.25, 0.3) is 11.1 Å². The molecule has 1 N–H and O–H groups in total. The number of fused-ring (bicyclic) bond motifs is 1. The number of nitrogens with zero attached hydrogens (tertiary/aromatic N) is 1. The summed E-state index contributed by atoms with van der Waals surface area (Å²) in [6, 6.07) is 23.8. The predicted octanol–water partition coefficient (Wildman–Crippen LogP) is 3.75. The highest BCUT2D eigenvalue weighted by Gasteiger charge is 2.21. The Kier molecular flexibility index (Phi) is 6.92. The van der Waals surface area contributed by atoms with E-state index in [2.05, 4.69) is 28.4 Å². The monoisotopic (exact) mass is 432 g/mol. The molecule has 166 valence electrons. The molecule has 1 heterocycles.